The molecule has 0 aliphatic heterocycles. The molecule has 1 aliphatic rings. The highest BCUT2D eigenvalue weighted by Crippen LogP contribution is 2.30. The highest BCUT2D eigenvalue weighted by molar-refractivity contribution is 5.32. The van der Waals surface area contributed by atoms with E-state index in [1.165, 1.54) is 30.4 Å². The molecule has 15 heavy (non-hydrogen) atoms. The van der Waals surface area contributed by atoms with Gasteiger partial charge in [0.25, 0.3) is 0 Å². The Morgan fingerprint density at radius 3 is 3.13 bits per heavy atom. The Labute approximate surface area is 91.6 Å². The van der Waals surface area contributed by atoms with E-state index in [9.17, 15) is 0 Å². The minimum atomic E-state index is 0.626. The van der Waals surface area contributed by atoms with E-state index >= 15 is 0 Å². The third kappa shape index (κ3) is 2.58. The second-order valence-corrected chi connectivity index (χ2v) is 4.07. The van der Waals surface area contributed by atoms with E-state index in [0.717, 1.165) is 13.2 Å². The molecule has 2 rings (SSSR count). The number of nitrogens with one attached hydrogen (secondary N) is 1. The fraction of sp³-hybridized carbons (Fsp3) is 0.538. The van der Waals surface area contributed by atoms with Crippen molar-refractivity contribution in [1.29, 1.82) is 0 Å². The van der Waals surface area contributed by atoms with Crippen LogP contribution in [0.5, 0.6) is 0 Å². The Hall–Kier alpha value is -0.860. The monoisotopic (exact) mass is 205 g/mol. The van der Waals surface area contributed by atoms with Gasteiger partial charge in [-0.05, 0) is 43.2 Å². The molecule has 1 unspecified atom stereocenters. The smallest absolute Gasteiger partial charge is 0.0653 e. The number of benzene rings is 1. The van der Waals surface area contributed by atoms with Crippen molar-refractivity contribution in [2.75, 3.05) is 13.2 Å². The first-order valence-corrected chi connectivity index (χ1v) is 5.84. The number of hydrogen-bond donors (Lipinski definition) is 1. The molecule has 0 spiro atoms. The summed E-state index contributed by atoms with van der Waals surface area (Å²) in [5, 5.41) is 0. The summed E-state index contributed by atoms with van der Waals surface area (Å²) in [4.78, 5) is 5.20. The van der Waals surface area contributed by atoms with E-state index in [1.807, 2.05) is 6.92 Å². The molecule has 1 aromatic carbocycles. The van der Waals surface area contributed by atoms with Crippen LogP contribution < -0.4 is 5.48 Å². The van der Waals surface area contributed by atoms with E-state index < -0.39 is 0 Å². The topological polar surface area (TPSA) is 21.3 Å². The molecule has 0 saturated carbocycles. The Morgan fingerprint density at radius 1 is 1.40 bits per heavy atom. The maximum atomic E-state index is 5.20. The van der Waals surface area contributed by atoms with Crippen LogP contribution in [0.25, 0.3) is 0 Å². The summed E-state index contributed by atoms with van der Waals surface area (Å²) in [6, 6.07) is 8.78. The van der Waals surface area contributed by atoms with Gasteiger partial charge >= 0.3 is 0 Å². The Balaban J connectivity index is 2.02. The second-order valence-electron chi connectivity index (χ2n) is 4.07. The Morgan fingerprint density at radius 2 is 2.27 bits per heavy atom. The molecule has 2 nitrogen and oxygen atoms in total. The minimum absolute atomic E-state index is 0.626. The molecule has 0 heterocycles. The quantitative estimate of drug-likeness (QED) is 0.602. The Kier molecular flexibility index (Phi) is 3.75. The lowest BCUT2D eigenvalue weighted by atomic mass is 9.83. The summed E-state index contributed by atoms with van der Waals surface area (Å²) >= 11 is 0. The number of aryl methyl sites for hydroxylation is 1. The zero-order valence-electron chi connectivity index (χ0n) is 9.33. The van der Waals surface area contributed by atoms with Crippen LogP contribution in [0.2, 0.25) is 0 Å². The van der Waals surface area contributed by atoms with Crippen molar-refractivity contribution >= 4 is 0 Å². The first-order valence-electron chi connectivity index (χ1n) is 5.84. The van der Waals surface area contributed by atoms with Crippen LogP contribution >= 0.6 is 0 Å². The van der Waals surface area contributed by atoms with Gasteiger partial charge in [0.1, 0.15) is 0 Å². The zero-order chi connectivity index (χ0) is 10.5. The van der Waals surface area contributed by atoms with Crippen LogP contribution in [0.3, 0.4) is 0 Å². The number of rotatable bonds is 4. The van der Waals surface area contributed by atoms with E-state index in [1.54, 1.807) is 0 Å². The van der Waals surface area contributed by atoms with Crippen molar-refractivity contribution in [1.82, 2.24) is 5.48 Å². The molecule has 0 aromatic heterocycles. The summed E-state index contributed by atoms with van der Waals surface area (Å²) in [6.45, 7) is 3.67. The highest BCUT2D eigenvalue weighted by Gasteiger charge is 2.18. The van der Waals surface area contributed by atoms with Gasteiger partial charge in [-0.25, -0.2) is 5.48 Å². The predicted molar refractivity (Wildman–Crippen MR) is 61.7 cm³/mol. The molecule has 0 saturated heterocycles. The van der Waals surface area contributed by atoms with Gasteiger partial charge in [0.2, 0.25) is 0 Å². The summed E-state index contributed by atoms with van der Waals surface area (Å²) in [6.07, 6.45) is 3.81. The van der Waals surface area contributed by atoms with Gasteiger partial charge in [-0.3, -0.25) is 0 Å². The molecule has 1 N–H and O–H groups in total. The third-order valence-corrected chi connectivity index (χ3v) is 3.07. The first kappa shape index (κ1) is 10.7. The van der Waals surface area contributed by atoms with Crippen molar-refractivity contribution in [3.63, 3.8) is 0 Å². The van der Waals surface area contributed by atoms with Crippen LogP contribution in [-0.2, 0) is 11.3 Å². The van der Waals surface area contributed by atoms with Crippen LogP contribution in [-0.4, -0.2) is 13.2 Å². The fourth-order valence-corrected chi connectivity index (χ4v) is 2.33. The maximum absolute atomic E-state index is 5.20. The summed E-state index contributed by atoms with van der Waals surface area (Å²) < 4.78 is 0. The van der Waals surface area contributed by atoms with Crippen molar-refractivity contribution in [2.45, 2.75) is 32.1 Å². The SMILES string of the molecule is CCONCC1CCCc2ccccc21. The third-order valence-electron chi connectivity index (χ3n) is 3.07. The van der Waals surface area contributed by atoms with Crippen molar-refractivity contribution < 1.29 is 4.84 Å². The molecule has 2 heteroatoms. The van der Waals surface area contributed by atoms with Crippen LogP contribution in [0.15, 0.2) is 24.3 Å². The molecule has 0 amide bonds. The van der Waals surface area contributed by atoms with E-state index in [-0.39, 0.29) is 0 Å². The molecule has 1 atom stereocenters. The van der Waals surface area contributed by atoms with Gasteiger partial charge in [-0.2, -0.15) is 0 Å². The standard InChI is InChI=1S/C13H19NO/c1-2-15-14-10-12-8-5-7-11-6-3-4-9-13(11)12/h3-4,6,9,12,14H,2,5,7-8,10H2,1H3. The van der Waals surface area contributed by atoms with Gasteiger partial charge in [0.15, 0.2) is 0 Å². The van der Waals surface area contributed by atoms with Gasteiger partial charge in [0, 0.05) is 6.54 Å². The normalized spacial score (nSPS) is 19.9. The van der Waals surface area contributed by atoms with Crippen molar-refractivity contribution in [2.24, 2.45) is 0 Å². The van der Waals surface area contributed by atoms with E-state index in [0.29, 0.717) is 5.92 Å². The first-order chi connectivity index (χ1) is 7.42. The maximum Gasteiger partial charge on any atom is 0.0653 e. The van der Waals surface area contributed by atoms with Gasteiger partial charge in [-0.15, -0.1) is 0 Å². The lowest BCUT2D eigenvalue weighted by molar-refractivity contribution is 0.0462. The molecule has 1 aromatic rings. The van der Waals surface area contributed by atoms with Gasteiger partial charge < -0.3 is 4.84 Å². The minimum Gasteiger partial charge on any atom is -0.302 e. The zero-order valence-corrected chi connectivity index (χ0v) is 9.33. The summed E-state index contributed by atoms with van der Waals surface area (Å²) in [7, 11) is 0. The van der Waals surface area contributed by atoms with E-state index in [2.05, 4.69) is 29.7 Å². The van der Waals surface area contributed by atoms with Gasteiger partial charge in [0.05, 0.1) is 6.61 Å². The lowest BCUT2D eigenvalue weighted by Gasteiger charge is -2.25. The van der Waals surface area contributed by atoms with E-state index in [4.69, 9.17) is 4.84 Å². The fourth-order valence-electron chi connectivity index (χ4n) is 2.33. The molecule has 0 fully saturated rings. The number of hydrogen-bond acceptors (Lipinski definition) is 2. The lowest BCUT2D eigenvalue weighted by Crippen LogP contribution is -2.24. The highest BCUT2D eigenvalue weighted by atomic mass is 16.6. The van der Waals surface area contributed by atoms with Crippen molar-refractivity contribution in [3.05, 3.63) is 35.4 Å². The molecule has 0 bridgehead atoms. The van der Waals surface area contributed by atoms with Crippen molar-refractivity contribution in [3.8, 4) is 0 Å². The molecule has 82 valence electrons. The molecule has 1 aliphatic carbocycles. The molecular formula is C13H19NO. The molecule has 0 radical (unpaired) electrons. The van der Waals surface area contributed by atoms with Gasteiger partial charge in [-0.1, -0.05) is 24.3 Å². The Bertz CT molecular complexity index is 311. The summed E-state index contributed by atoms with van der Waals surface area (Å²) in [5.41, 5.74) is 6.08. The number of fused-ring (bicyclic) bond motifs is 1. The predicted octanol–water partition coefficient (Wildman–Crippen LogP) is 2.65. The average molecular weight is 205 g/mol. The summed E-state index contributed by atoms with van der Waals surface area (Å²) in [5.74, 6) is 0.626. The second kappa shape index (κ2) is 5.29. The van der Waals surface area contributed by atoms with Crippen LogP contribution in [0.1, 0.15) is 36.8 Å². The molecular weight excluding hydrogens is 186 g/mol. The number of hydroxylamine groups is 1. The largest absolute Gasteiger partial charge is 0.302 e. The van der Waals surface area contributed by atoms with Crippen LogP contribution in [0.4, 0.5) is 0 Å². The van der Waals surface area contributed by atoms with Crippen LogP contribution in [0, 0.1) is 0 Å². The average Bonchev–Trinajstić information content (AvgIpc) is 2.30.